The third-order valence-corrected chi connectivity index (χ3v) is 3.23. The van der Waals surface area contributed by atoms with E-state index in [1.54, 1.807) is 30.3 Å². The van der Waals surface area contributed by atoms with Crippen LogP contribution < -0.4 is 10.6 Å². The third-order valence-electron chi connectivity index (χ3n) is 3.23. The van der Waals surface area contributed by atoms with Gasteiger partial charge in [0.25, 0.3) is 5.91 Å². The lowest BCUT2D eigenvalue weighted by molar-refractivity contribution is 0.0947. The van der Waals surface area contributed by atoms with E-state index in [-0.39, 0.29) is 5.91 Å². The second-order valence-electron chi connectivity index (χ2n) is 5.49. The van der Waals surface area contributed by atoms with Crippen molar-refractivity contribution in [2.24, 2.45) is 0 Å². The Bertz CT molecular complexity index is 721. The van der Waals surface area contributed by atoms with Crippen LogP contribution in [0.25, 0.3) is 0 Å². The van der Waals surface area contributed by atoms with Crippen LogP contribution >= 0.6 is 0 Å². The van der Waals surface area contributed by atoms with E-state index in [9.17, 15) is 4.79 Å². The van der Waals surface area contributed by atoms with E-state index in [4.69, 9.17) is 5.26 Å². The predicted octanol–water partition coefficient (Wildman–Crippen LogP) is 1.77. The molecule has 124 valence electrons. The van der Waals surface area contributed by atoms with Crippen LogP contribution in [0.2, 0.25) is 0 Å². The lowest BCUT2D eigenvalue weighted by Crippen LogP contribution is -2.28. The van der Waals surface area contributed by atoms with E-state index in [0.717, 1.165) is 18.7 Å². The zero-order valence-corrected chi connectivity index (χ0v) is 13.8. The van der Waals surface area contributed by atoms with Gasteiger partial charge in [-0.1, -0.05) is 0 Å². The summed E-state index contributed by atoms with van der Waals surface area (Å²) in [5.41, 5.74) is 1.64. The Labute approximate surface area is 141 Å². The molecule has 0 radical (unpaired) electrons. The Morgan fingerprint density at radius 1 is 1.25 bits per heavy atom. The van der Waals surface area contributed by atoms with Crippen LogP contribution in [-0.2, 0) is 0 Å². The normalized spacial score (nSPS) is 10.2. The van der Waals surface area contributed by atoms with Crippen molar-refractivity contribution in [1.29, 1.82) is 5.26 Å². The van der Waals surface area contributed by atoms with Crippen molar-refractivity contribution >= 4 is 17.5 Å². The molecule has 2 N–H and O–H groups in total. The van der Waals surface area contributed by atoms with E-state index in [1.165, 1.54) is 6.20 Å². The number of rotatable bonds is 7. The first-order valence-corrected chi connectivity index (χ1v) is 7.61. The SMILES string of the molecule is CN(C)CCCNC(=O)c1ccnc(Nc2ccc(C#N)cc2)n1. The van der Waals surface area contributed by atoms with Gasteiger partial charge in [0.2, 0.25) is 5.95 Å². The Morgan fingerprint density at radius 2 is 2.00 bits per heavy atom. The zero-order valence-electron chi connectivity index (χ0n) is 13.8. The average Bonchev–Trinajstić information content (AvgIpc) is 2.59. The molecule has 7 heteroatoms. The number of benzene rings is 1. The molecule has 0 spiro atoms. The molecule has 24 heavy (non-hydrogen) atoms. The molecule has 1 aromatic carbocycles. The van der Waals surface area contributed by atoms with E-state index in [0.29, 0.717) is 23.8 Å². The maximum Gasteiger partial charge on any atom is 0.270 e. The average molecular weight is 324 g/mol. The molecule has 1 heterocycles. The fourth-order valence-corrected chi connectivity index (χ4v) is 1.99. The topological polar surface area (TPSA) is 93.9 Å². The summed E-state index contributed by atoms with van der Waals surface area (Å²) in [4.78, 5) is 22.5. The van der Waals surface area contributed by atoms with Crippen molar-refractivity contribution in [2.75, 3.05) is 32.5 Å². The highest BCUT2D eigenvalue weighted by Gasteiger charge is 2.08. The van der Waals surface area contributed by atoms with Crippen LogP contribution in [0, 0.1) is 11.3 Å². The molecule has 0 aliphatic carbocycles. The van der Waals surface area contributed by atoms with Gasteiger partial charge < -0.3 is 15.5 Å². The smallest absolute Gasteiger partial charge is 0.270 e. The molecular weight excluding hydrogens is 304 g/mol. The maximum atomic E-state index is 12.1. The monoisotopic (exact) mass is 324 g/mol. The lowest BCUT2D eigenvalue weighted by Gasteiger charge is -2.10. The fraction of sp³-hybridized carbons (Fsp3) is 0.294. The van der Waals surface area contributed by atoms with E-state index in [1.807, 2.05) is 14.1 Å². The molecule has 0 fully saturated rings. The molecule has 0 aliphatic heterocycles. The minimum Gasteiger partial charge on any atom is -0.351 e. The Hall–Kier alpha value is -2.98. The molecule has 0 unspecified atom stereocenters. The van der Waals surface area contributed by atoms with Crippen molar-refractivity contribution in [3.05, 3.63) is 47.8 Å². The highest BCUT2D eigenvalue weighted by Crippen LogP contribution is 2.13. The van der Waals surface area contributed by atoms with Crippen molar-refractivity contribution in [3.8, 4) is 6.07 Å². The predicted molar refractivity (Wildman–Crippen MR) is 92.0 cm³/mol. The largest absolute Gasteiger partial charge is 0.351 e. The van der Waals surface area contributed by atoms with Gasteiger partial charge in [0.15, 0.2) is 0 Å². The van der Waals surface area contributed by atoms with Crippen LogP contribution in [-0.4, -0.2) is 48.0 Å². The maximum absolute atomic E-state index is 12.1. The summed E-state index contributed by atoms with van der Waals surface area (Å²) < 4.78 is 0. The van der Waals surface area contributed by atoms with Gasteiger partial charge in [-0.05, 0) is 57.4 Å². The second kappa shape index (κ2) is 8.60. The first-order chi connectivity index (χ1) is 11.6. The quantitative estimate of drug-likeness (QED) is 0.754. The molecule has 0 aliphatic rings. The number of aromatic nitrogens is 2. The zero-order chi connectivity index (χ0) is 17.4. The highest BCUT2D eigenvalue weighted by molar-refractivity contribution is 5.92. The van der Waals surface area contributed by atoms with Gasteiger partial charge in [0.05, 0.1) is 11.6 Å². The van der Waals surface area contributed by atoms with Crippen LogP contribution in [0.15, 0.2) is 36.5 Å². The molecule has 0 bridgehead atoms. The summed E-state index contributed by atoms with van der Waals surface area (Å²) in [6.07, 6.45) is 2.41. The van der Waals surface area contributed by atoms with Gasteiger partial charge in [-0.25, -0.2) is 9.97 Å². The number of nitriles is 1. The summed E-state index contributed by atoms with van der Waals surface area (Å²) in [7, 11) is 3.99. The van der Waals surface area contributed by atoms with Gasteiger partial charge in [-0.3, -0.25) is 4.79 Å². The fourth-order valence-electron chi connectivity index (χ4n) is 1.99. The number of anilines is 2. The number of carbonyl (C=O) groups is 1. The van der Waals surface area contributed by atoms with Crippen LogP contribution in [0.4, 0.5) is 11.6 Å². The first kappa shape index (κ1) is 17.4. The molecule has 1 aromatic heterocycles. The van der Waals surface area contributed by atoms with Gasteiger partial charge in [-0.15, -0.1) is 0 Å². The molecule has 7 nitrogen and oxygen atoms in total. The van der Waals surface area contributed by atoms with Gasteiger partial charge in [-0.2, -0.15) is 5.26 Å². The molecule has 2 rings (SSSR count). The molecule has 0 saturated heterocycles. The van der Waals surface area contributed by atoms with Crippen LogP contribution in [0.1, 0.15) is 22.5 Å². The molecule has 0 saturated carbocycles. The molecule has 2 aromatic rings. The van der Waals surface area contributed by atoms with Gasteiger partial charge in [0, 0.05) is 18.4 Å². The number of amides is 1. The second-order valence-corrected chi connectivity index (χ2v) is 5.49. The Balaban J connectivity index is 1.95. The Morgan fingerprint density at radius 3 is 2.67 bits per heavy atom. The van der Waals surface area contributed by atoms with Crippen molar-refractivity contribution < 1.29 is 4.79 Å². The number of hydrogen-bond donors (Lipinski definition) is 2. The van der Waals surface area contributed by atoms with Crippen molar-refractivity contribution in [3.63, 3.8) is 0 Å². The third kappa shape index (κ3) is 5.34. The first-order valence-electron chi connectivity index (χ1n) is 7.61. The number of nitrogens with one attached hydrogen (secondary N) is 2. The van der Waals surface area contributed by atoms with Crippen LogP contribution in [0.5, 0.6) is 0 Å². The Kier molecular flexibility index (Phi) is 6.23. The highest BCUT2D eigenvalue weighted by atomic mass is 16.1. The molecule has 1 amide bonds. The van der Waals surface area contributed by atoms with Crippen molar-refractivity contribution in [1.82, 2.24) is 20.2 Å². The standard InChI is InChI=1S/C17H20N6O/c1-23(2)11-3-9-19-16(24)15-8-10-20-17(22-15)21-14-6-4-13(12-18)5-7-14/h4-8,10H,3,9,11H2,1-2H3,(H,19,24)(H,20,21,22). The summed E-state index contributed by atoms with van der Waals surface area (Å²) in [6, 6.07) is 10.5. The number of hydrogen-bond acceptors (Lipinski definition) is 6. The van der Waals surface area contributed by atoms with Crippen LogP contribution in [0.3, 0.4) is 0 Å². The minimum atomic E-state index is -0.223. The lowest BCUT2D eigenvalue weighted by atomic mass is 10.2. The van der Waals surface area contributed by atoms with E-state index >= 15 is 0 Å². The van der Waals surface area contributed by atoms with E-state index in [2.05, 4.69) is 31.6 Å². The summed E-state index contributed by atoms with van der Waals surface area (Å²) >= 11 is 0. The summed E-state index contributed by atoms with van der Waals surface area (Å²) in [6.45, 7) is 1.51. The molecule has 0 atom stereocenters. The van der Waals surface area contributed by atoms with Gasteiger partial charge in [0.1, 0.15) is 5.69 Å². The van der Waals surface area contributed by atoms with E-state index < -0.39 is 0 Å². The number of carbonyl (C=O) groups excluding carboxylic acids is 1. The minimum absolute atomic E-state index is 0.223. The van der Waals surface area contributed by atoms with Crippen molar-refractivity contribution in [2.45, 2.75) is 6.42 Å². The van der Waals surface area contributed by atoms with Gasteiger partial charge >= 0.3 is 0 Å². The summed E-state index contributed by atoms with van der Waals surface area (Å²) in [5.74, 6) is 0.111. The molecular formula is C17H20N6O. The number of nitrogens with zero attached hydrogens (tertiary/aromatic N) is 4. The summed E-state index contributed by atoms with van der Waals surface area (Å²) in [5, 5.41) is 14.6.